The van der Waals surface area contributed by atoms with E-state index in [1.165, 1.54) is 32.7 Å². The zero-order valence-electron chi connectivity index (χ0n) is 17.4. The Labute approximate surface area is 185 Å². The van der Waals surface area contributed by atoms with Crippen LogP contribution in [-0.4, -0.2) is 8.80 Å². The summed E-state index contributed by atoms with van der Waals surface area (Å²) in [5.74, 6) is 0. The first-order valence-corrected chi connectivity index (χ1v) is 12.6. The van der Waals surface area contributed by atoms with E-state index < -0.39 is 0 Å². The zero-order chi connectivity index (χ0) is 18.9. The average Bonchev–Trinajstić information content (AvgIpc) is 3.24. The van der Waals surface area contributed by atoms with Gasteiger partial charge in [-0.3, -0.25) is 0 Å². The molecule has 4 aromatic carbocycles. The second-order valence-corrected chi connectivity index (χ2v) is 10.2. The Morgan fingerprint density at radius 3 is 1.30 bits per heavy atom. The maximum atomic E-state index is 2.27. The Morgan fingerprint density at radius 2 is 1.00 bits per heavy atom. The molecular formula is C25H31ScSi-2. The summed E-state index contributed by atoms with van der Waals surface area (Å²) in [4.78, 5) is 0. The van der Waals surface area contributed by atoms with Gasteiger partial charge in [-0.2, -0.15) is 12.1 Å². The molecule has 0 fully saturated rings. The Hall–Kier alpha value is -1.25. The molecule has 2 radical (unpaired) electrons. The molecule has 0 saturated heterocycles. The van der Waals surface area contributed by atoms with Crippen LogP contribution >= 0.6 is 0 Å². The van der Waals surface area contributed by atoms with Crippen LogP contribution in [0.25, 0.3) is 21.5 Å². The molecule has 4 aromatic rings. The third-order valence-electron chi connectivity index (χ3n) is 4.17. The van der Waals surface area contributed by atoms with Gasteiger partial charge >= 0.3 is 0 Å². The van der Waals surface area contributed by atoms with Crippen molar-refractivity contribution in [3.8, 4) is 0 Å². The first-order chi connectivity index (χ1) is 12.5. The van der Waals surface area contributed by atoms with Gasteiger partial charge in [0.05, 0.1) is 0 Å². The van der Waals surface area contributed by atoms with Gasteiger partial charge in [0.1, 0.15) is 0 Å². The minimum Gasteiger partial charge on any atom is -0.165 e. The summed E-state index contributed by atoms with van der Waals surface area (Å²) in [7, 11) is 0.120. The minimum absolute atomic E-state index is 0. The molecule has 0 atom stereocenters. The third kappa shape index (κ3) is 7.71. The molecule has 2 heteroatoms. The maximum absolute atomic E-state index is 2.27. The molecule has 0 N–H and O–H groups in total. The number of aryl methyl sites for hydroxylation is 2. The fourth-order valence-electron chi connectivity index (χ4n) is 2.84. The van der Waals surface area contributed by atoms with E-state index in [1.807, 2.05) is 0 Å². The van der Waals surface area contributed by atoms with Crippen molar-refractivity contribution >= 4 is 30.3 Å². The number of hydrogen-bond donors (Lipinski definition) is 0. The topological polar surface area (TPSA) is 0 Å². The van der Waals surface area contributed by atoms with Gasteiger partial charge in [0.15, 0.2) is 0 Å². The predicted molar refractivity (Wildman–Crippen MR) is 121 cm³/mol. The maximum Gasteiger partial charge on any atom is 0.0379 e. The SMILES string of the molecule is CCc1cc2ccccc2[cH-]1.CCc1cc2ccccc2[cH-]1.C[Si](C)C.[Sc]. The zero-order valence-corrected chi connectivity index (χ0v) is 20.2. The van der Waals surface area contributed by atoms with Crippen molar-refractivity contribution in [1.82, 2.24) is 0 Å². The first kappa shape index (κ1) is 23.8. The second-order valence-electron chi connectivity index (χ2n) is 7.19. The Bertz CT molecular complexity index is 771. The summed E-state index contributed by atoms with van der Waals surface area (Å²) in [6, 6.07) is 26.0. The van der Waals surface area contributed by atoms with Crippen LogP contribution in [0.3, 0.4) is 0 Å². The summed E-state index contributed by atoms with van der Waals surface area (Å²) in [6.07, 6.45) is 2.27. The summed E-state index contributed by atoms with van der Waals surface area (Å²) >= 11 is 0. The van der Waals surface area contributed by atoms with E-state index in [4.69, 9.17) is 0 Å². The fourth-order valence-corrected chi connectivity index (χ4v) is 2.84. The van der Waals surface area contributed by atoms with Gasteiger partial charge in [0.2, 0.25) is 0 Å². The van der Waals surface area contributed by atoms with Crippen LogP contribution in [0.1, 0.15) is 25.0 Å². The van der Waals surface area contributed by atoms with Crippen LogP contribution in [0.15, 0.2) is 72.8 Å². The molecule has 4 rings (SSSR count). The number of benzene rings is 2. The number of rotatable bonds is 2. The van der Waals surface area contributed by atoms with Gasteiger partial charge < -0.3 is 0 Å². The van der Waals surface area contributed by atoms with Crippen LogP contribution in [0.4, 0.5) is 0 Å². The molecule has 0 unspecified atom stereocenters. The molecular weight excluding hydrogens is 373 g/mol. The van der Waals surface area contributed by atoms with Crippen LogP contribution < -0.4 is 0 Å². The van der Waals surface area contributed by atoms with E-state index in [1.54, 1.807) is 0 Å². The van der Waals surface area contributed by atoms with Crippen molar-refractivity contribution in [3.63, 3.8) is 0 Å². The van der Waals surface area contributed by atoms with Gasteiger partial charge in [-0.05, 0) is 12.8 Å². The molecule has 0 aliphatic rings. The standard InChI is InChI=1S/2C11H11.C3H9Si.Sc/c2*1-2-9-7-10-5-3-4-6-11(10)8-9;1-4(2)3;/h2*3-8H,2H2,1H3;1-3H3;/q2*-1;;. The van der Waals surface area contributed by atoms with Gasteiger partial charge in [-0.15, -0.1) is 81.2 Å². The Morgan fingerprint density at radius 1 is 0.667 bits per heavy atom. The van der Waals surface area contributed by atoms with Crippen molar-refractivity contribution in [2.45, 2.75) is 46.3 Å². The van der Waals surface area contributed by atoms with Crippen molar-refractivity contribution in [2.24, 2.45) is 0 Å². The average molecular weight is 405 g/mol. The van der Waals surface area contributed by atoms with Gasteiger partial charge in [0.25, 0.3) is 0 Å². The van der Waals surface area contributed by atoms with E-state index in [-0.39, 0.29) is 34.6 Å². The molecule has 27 heavy (non-hydrogen) atoms. The third-order valence-corrected chi connectivity index (χ3v) is 4.17. The smallest absolute Gasteiger partial charge is 0.0379 e. The monoisotopic (exact) mass is 404 g/mol. The second kappa shape index (κ2) is 12.3. The summed E-state index contributed by atoms with van der Waals surface area (Å²) in [5.41, 5.74) is 2.87. The molecule has 0 amide bonds. The summed E-state index contributed by atoms with van der Waals surface area (Å²) in [5, 5.41) is 5.46. The number of hydrogen-bond acceptors (Lipinski definition) is 0. The minimum atomic E-state index is 0. The van der Waals surface area contributed by atoms with E-state index in [0.29, 0.717) is 0 Å². The molecule has 0 bridgehead atoms. The van der Waals surface area contributed by atoms with Crippen LogP contribution in [-0.2, 0) is 38.7 Å². The molecule has 0 spiro atoms. The molecule has 0 aliphatic heterocycles. The van der Waals surface area contributed by atoms with Crippen molar-refractivity contribution in [2.75, 3.05) is 0 Å². The summed E-state index contributed by atoms with van der Waals surface area (Å²) < 4.78 is 0. The van der Waals surface area contributed by atoms with E-state index in [2.05, 4.69) is 106 Å². The Balaban J connectivity index is 0.000000220. The van der Waals surface area contributed by atoms with Crippen LogP contribution in [0.2, 0.25) is 19.6 Å². The normalized spacial score (nSPS) is 10.0. The largest absolute Gasteiger partial charge is 0.165 e. The van der Waals surface area contributed by atoms with Gasteiger partial charge in [-0.25, -0.2) is 0 Å². The predicted octanol–water partition coefficient (Wildman–Crippen LogP) is 7.61. The van der Waals surface area contributed by atoms with Crippen LogP contribution in [0, 0.1) is 0 Å². The van der Waals surface area contributed by atoms with Crippen molar-refractivity contribution in [1.29, 1.82) is 0 Å². The van der Waals surface area contributed by atoms with Gasteiger partial charge in [0, 0.05) is 34.6 Å². The van der Waals surface area contributed by atoms with E-state index >= 15 is 0 Å². The first-order valence-electron chi connectivity index (χ1n) is 9.59. The molecule has 0 saturated carbocycles. The fraction of sp³-hybridized carbons (Fsp3) is 0.280. The van der Waals surface area contributed by atoms with Crippen molar-refractivity contribution in [3.05, 3.63) is 83.9 Å². The molecule has 0 aromatic heterocycles. The van der Waals surface area contributed by atoms with Crippen LogP contribution in [0.5, 0.6) is 0 Å². The van der Waals surface area contributed by atoms with Crippen molar-refractivity contribution < 1.29 is 25.8 Å². The Kier molecular flexibility index (Phi) is 10.8. The summed E-state index contributed by atoms with van der Waals surface area (Å²) in [6.45, 7) is 11.2. The van der Waals surface area contributed by atoms with E-state index in [0.717, 1.165) is 12.8 Å². The number of fused-ring (bicyclic) bond motifs is 2. The molecule has 0 heterocycles. The quantitative estimate of drug-likeness (QED) is 0.238. The molecule has 140 valence electrons. The van der Waals surface area contributed by atoms with Gasteiger partial charge in [-0.1, -0.05) is 45.6 Å². The molecule has 0 nitrogen and oxygen atoms in total. The molecule has 0 aliphatic carbocycles. The van der Waals surface area contributed by atoms with E-state index in [9.17, 15) is 0 Å².